The van der Waals surface area contributed by atoms with Crippen LogP contribution in [-0.4, -0.2) is 11.1 Å². The van der Waals surface area contributed by atoms with Crippen molar-refractivity contribution in [2.75, 3.05) is 5.73 Å². The van der Waals surface area contributed by atoms with Crippen LogP contribution >= 0.6 is 31.9 Å². The zero-order valence-electron chi connectivity index (χ0n) is 6.55. The summed E-state index contributed by atoms with van der Waals surface area (Å²) in [5, 5.41) is 9.38. The van der Waals surface area contributed by atoms with E-state index in [0.717, 1.165) is 10.0 Å². The van der Waals surface area contributed by atoms with Gasteiger partial charge < -0.3 is 10.8 Å². The van der Waals surface area contributed by atoms with Gasteiger partial charge in [-0.3, -0.25) is 0 Å². The highest BCUT2D eigenvalue weighted by molar-refractivity contribution is 9.10. The molecule has 0 unspecified atom stereocenters. The molecule has 0 atom stereocenters. The van der Waals surface area contributed by atoms with Crippen LogP contribution in [0.25, 0.3) is 0 Å². The van der Waals surface area contributed by atoms with E-state index in [0.29, 0.717) is 5.33 Å². The van der Waals surface area contributed by atoms with Crippen LogP contribution in [0.15, 0.2) is 16.6 Å². The molecule has 0 aliphatic carbocycles. The Kier molecular flexibility index (Phi) is 3.33. The monoisotopic (exact) mass is 307 g/mol. The number of aromatic carboxylic acids is 1. The van der Waals surface area contributed by atoms with E-state index in [4.69, 9.17) is 10.8 Å². The van der Waals surface area contributed by atoms with Gasteiger partial charge in [-0.1, -0.05) is 31.9 Å². The molecule has 0 bridgehead atoms. The van der Waals surface area contributed by atoms with E-state index in [-0.39, 0.29) is 11.3 Å². The molecule has 0 saturated carbocycles. The van der Waals surface area contributed by atoms with Crippen LogP contribution in [0.3, 0.4) is 0 Å². The van der Waals surface area contributed by atoms with E-state index in [1.54, 1.807) is 6.07 Å². The molecule has 3 nitrogen and oxygen atoms in total. The van der Waals surface area contributed by atoms with Crippen LogP contribution in [0, 0.1) is 0 Å². The van der Waals surface area contributed by atoms with Crippen LogP contribution in [-0.2, 0) is 5.33 Å². The minimum absolute atomic E-state index is 0.122. The molecule has 3 N–H and O–H groups in total. The summed E-state index contributed by atoms with van der Waals surface area (Å²) in [6.07, 6.45) is 0. The number of nitrogens with two attached hydrogens (primary N) is 1. The van der Waals surface area contributed by atoms with Gasteiger partial charge in [0.1, 0.15) is 0 Å². The molecule has 1 aromatic carbocycles. The first-order valence-electron chi connectivity index (χ1n) is 3.43. The smallest absolute Gasteiger partial charge is 0.337 e. The lowest BCUT2D eigenvalue weighted by molar-refractivity contribution is 0.0698. The third kappa shape index (κ3) is 2.22. The Morgan fingerprint density at radius 3 is 2.62 bits per heavy atom. The highest BCUT2D eigenvalue weighted by atomic mass is 79.9. The largest absolute Gasteiger partial charge is 0.478 e. The van der Waals surface area contributed by atoms with Crippen molar-refractivity contribution in [2.45, 2.75) is 5.33 Å². The van der Waals surface area contributed by atoms with Crippen molar-refractivity contribution in [3.8, 4) is 0 Å². The highest BCUT2D eigenvalue weighted by Crippen LogP contribution is 2.25. The van der Waals surface area contributed by atoms with E-state index in [9.17, 15) is 4.79 Å². The van der Waals surface area contributed by atoms with E-state index < -0.39 is 5.97 Å². The second-order valence-electron chi connectivity index (χ2n) is 2.47. The summed E-state index contributed by atoms with van der Waals surface area (Å²) >= 11 is 6.53. The molecule has 13 heavy (non-hydrogen) atoms. The topological polar surface area (TPSA) is 63.3 Å². The SMILES string of the molecule is Nc1cc(CBr)c(Br)cc1C(=O)O. The standard InChI is InChI=1S/C8H7Br2NO2/c9-3-4-1-7(11)5(8(12)13)2-6(4)10/h1-2H,3,11H2,(H,12,13). The van der Waals surface area contributed by atoms with Gasteiger partial charge >= 0.3 is 5.97 Å². The third-order valence-electron chi connectivity index (χ3n) is 1.59. The predicted octanol–water partition coefficient (Wildman–Crippen LogP) is 2.62. The molecule has 1 rings (SSSR count). The highest BCUT2D eigenvalue weighted by Gasteiger charge is 2.10. The minimum Gasteiger partial charge on any atom is -0.478 e. The lowest BCUT2D eigenvalue weighted by Gasteiger charge is -2.05. The molecule has 0 aliphatic rings. The number of alkyl halides is 1. The first kappa shape index (κ1) is 10.5. The average Bonchev–Trinajstić information content (AvgIpc) is 2.07. The molecule has 0 amide bonds. The molecule has 5 heteroatoms. The number of benzene rings is 1. The van der Waals surface area contributed by atoms with Crippen LogP contribution in [0.2, 0.25) is 0 Å². The fourth-order valence-corrected chi connectivity index (χ4v) is 2.25. The number of carboxylic acids is 1. The maximum absolute atomic E-state index is 10.7. The van der Waals surface area contributed by atoms with Gasteiger partial charge in [-0.2, -0.15) is 0 Å². The molecule has 0 aromatic heterocycles. The van der Waals surface area contributed by atoms with Crippen molar-refractivity contribution >= 4 is 43.5 Å². The summed E-state index contributed by atoms with van der Waals surface area (Å²) in [4.78, 5) is 10.7. The Hall–Kier alpha value is -0.550. The summed E-state index contributed by atoms with van der Waals surface area (Å²) in [5.41, 5.74) is 6.88. The van der Waals surface area contributed by atoms with Gasteiger partial charge in [0.15, 0.2) is 0 Å². The summed E-state index contributed by atoms with van der Waals surface area (Å²) in [7, 11) is 0. The van der Waals surface area contributed by atoms with Crippen molar-refractivity contribution in [3.63, 3.8) is 0 Å². The summed E-state index contributed by atoms with van der Waals surface area (Å²) in [6, 6.07) is 3.15. The Morgan fingerprint density at radius 2 is 2.15 bits per heavy atom. The van der Waals surface area contributed by atoms with Crippen molar-refractivity contribution in [1.82, 2.24) is 0 Å². The van der Waals surface area contributed by atoms with Crippen LogP contribution in [0.5, 0.6) is 0 Å². The van der Waals surface area contributed by atoms with Crippen molar-refractivity contribution < 1.29 is 9.90 Å². The number of hydrogen-bond donors (Lipinski definition) is 2. The zero-order chi connectivity index (χ0) is 10.0. The Bertz CT molecular complexity index is 352. The third-order valence-corrected chi connectivity index (χ3v) is 2.94. The molecule has 1 aromatic rings. The minimum atomic E-state index is -1.01. The van der Waals surface area contributed by atoms with Gasteiger partial charge in [0, 0.05) is 15.5 Å². The lowest BCUT2D eigenvalue weighted by atomic mass is 10.1. The van der Waals surface area contributed by atoms with Crippen molar-refractivity contribution in [3.05, 3.63) is 27.7 Å². The van der Waals surface area contributed by atoms with Crippen LogP contribution < -0.4 is 5.73 Å². The van der Waals surface area contributed by atoms with Crippen molar-refractivity contribution in [1.29, 1.82) is 0 Å². The number of carbonyl (C=O) groups is 1. The molecule has 0 aliphatic heterocycles. The van der Waals surface area contributed by atoms with Crippen LogP contribution in [0.1, 0.15) is 15.9 Å². The van der Waals surface area contributed by atoms with Gasteiger partial charge in [0.05, 0.1) is 5.56 Å². The summed E-state index contributed by atoms with van der Waals surface area (Å²) < 4.78 is 0.746. The van der Waals surface area contributed by atoms with Gasteiger partial charge in [-0.15, -0.1) is 0 Å². The quantitative estimate of drug-likeness (QED) is 0.652. The molecule has 0 radical (unpaired) electrons. The Balaban J connectivity index is 3.28. The van der Waals surface area contributed by atoms with E-state index >= 15 is 0 Å². The number of nitrogen functional groups attached to an aromatic ring is 1. The van der Waals surface area contributed by atoms with Gasteiger partial charge in [0.2, 0.25) is 0 Å². The first-order valence-corrected chi connectivity index (χ1v) is 5.35. The molecular weight excluding hydrogens is 302 g/mol. The summed E-state index contributed by atoms with van der Waals surface area (Å²) in [6.45, 7) is 0. The Labute approximate surface area is 92.2 Å². The van der Waals surface area contributed by atoms with Crippen molar-refractivity contribution in [2.24, 2.45) is 0 Å². The number of anilines is 1. The number of hydrogen-bond acceptors (Lipinski definition) is 2. The maximum atomic E-state index is 10.7. The average molecular weight is 309 g/mol. The normalized spacial score (nSPS) is 10.0. The number of carboxylic acid groups (broad SMARTS) is 1. The zero-order valence-corrected chi connectivity index (χ0v) is 9.72. The fraction of sp³-hybridized carbons (Fsp3) is 0.125. The number of rotatable bonds is 2. The lowest BCUT2D eigenvalue weighted by Crippen LogP contribution is -2.03. The molecule has 0 heterocycles. The fourth-order valence-electron chi connectivity index (χ4n) is 0.925. The van der Waals surface area contributed by atoms with E-state index in [1.165, 1.54) is 6.07 Å². The van der Waals surface area contributed by atoms with Gasteiger partial charge in [0.25, 0.3) is 0 Å². The molecule has 0 spiro atoms. The molecular formula is C8H7Br2NO2. The second kappa shape index (κ2) is 4.11. The second-order valence-corrected chi connectivity index (χ2v) is 3.88. The maximum Gasteiger partial charge on any atom is 0.337 e. The number of halogens is 2. The Morgan fingerprint density at radius 1 is 1.54 bits per heavy atom. The summed E-state index contributed by atoms with van der Waals surface area (Å²) in [5.74, 6) is -1.01. The van der Waals surface area contributed by atoms with Gasteiger partial charge in [-0.25, -0.2) is 4.79 Å². The van der Waals surface area contributed by atoms with Crippen LogP contribution in [0.4, 0.5) is 5.69 Å². The van der Waals surface area contributed by atoms with Gasteiger partial charge in [-0.05, 0) is 17.7 Å². The first-order chi connectivity index (χ1) is 6.06. The molecule has 70 valence electrons. The predicted molar refractivity (Wildman–Crippen MR) is 58.1 cm³/mol. The molecule has 0 fully saturated rings. The molecule has 0 saturated heterocycles. The van der Waals surface area contributed by atoms with E-state index in [1.807, 2.05) is 0 Å². The van der Waals surface area contributed by atoms with E-state index in [2.05, 4.69) is 31.9 Å².